The second-order valence-electron chi connectivity index (χ2n) is 3.81. The summed E-state index contributed by atoms with van der Waals surface area (Å²) in [7, 11) is 1.96. The van der Waals surface area contributed by atoms with E-state index in [0.29, 0.717) is 0 Å². The fourth-order valence-corrected chi connectivity index (χ4v) is 1.74. The summed E-state index contributed by atoms with van der Waals surface area (Å²) in [6, 6.07) is 1.97. The van der Waals surface area contributed by atoms with Gasteiger partial charge in [0.05, 0.1) is 5.69 Å². The van der Waals surface area contributed by atoms with Crippen LogP contribution in [0.4, 0.5) is 0 Å². The van der Waals surface area contributed by atoms with Crippen molar-refractivity contribution in [2.45, 2.75) is 26.4 Å². The molecule has 0 aliphatic heterocycles. The molecule has 86 valence electrons. The Labute approximate surface area is 94.9 Å². The fraction of sp³-hybridized carbons (Fsp3) is 0.455. The molecule has 0 atom stereocenters. The quantitative estimate of drug-likeness (QED) is 0.788. The molecule has 5 nitrogen and oxygen atoms in total. The molecule has 2 N–H and O–H groups in total. The molecule has 0 saturated heterocycles. The first-order chi connectivity index (χ1) is 7.79. The number of H-pyrrole nitrogens is 1. The zero-order valence-corrected chi connectivity index (χ0v) is 9.70. The third kappa shape index (κ3) is 2.49. The van der Waals surface area contributed by atoms with Crippen LogP contribution in [0.3, 0.4) is 0 Å². The Balaban J connectivity index is 1.89. The van der Waals surface area contributed by atoms with Gasteiger partial charge in [0.1, 0.15) is 0 Å². The monoisotopic (exact) mass is 219 g/mol. The lowest BCUT2D eigenvalue weighted by atomic mass is 10.2. The van der Waals surface area contributed by atoms with Crippen molar-refractivity contribution in [3.8, 4) is 0 Å². The van der Waals surface area contributed by atoms with Crippen LogP contribution in [0.5, 0.6) is 0 Å². The normalized spacial score (nSPS) is 10.9. The maximum atomic E-state index is 4.40. The van der Waals surface area contributed by atoms with Gasteiger partial charge in [-0.15, -0.1) is 0 Å². The minimum absolute atomic E-state index is 0.804. The summed E-state index contributed by atoms with van der Waals surface area (Å²) in [5.41, 5.74) is 3.53. The molecular formula is C11H17N5. The second-order valence-corrected chi connectivity index (χ2v) is 3.81. The second kappa shape index (κ2) is 4.94. The summed E-state index contributed by atoms with van der Waals surface area (Å²) in [6.45, 7) is 3.77. The highest BCUT2D eigenvalue weighted by atomic mass is 15.3. The van der Waals surface area contributed by atoms with Gasteiger partial charge in [-0.2, -0.15) is 10.2 Å². The first-order valence-electron chi connectivity index (χ1n) is 5.50. The summed E-state index contributed by atoms with van der Waals surface area (Å²) < 4.78 is 1.87. The molecule has 0 radical (unpaired) electrons. The summed E-state index contributed by atoms with van der Waals surface area (Å²) >= 11 is 0. The fourth-order valence-electron chi connectivity index (χ4n) is 1.74. The van der Waals surface area contributed by atoms with Crippen LogP contribution in [0, 0.1) is 0 Å². The van der Waals surface area contributed by atoms with E-state index in [1.54, 1.807) is 6.20 Å². The van der Waals surface area contributed by atoms with Gasteiger partial charge in [-0.05, 0) is 12.5 Å². The van der Waals surface area contributed by atoms with E-state index in [0.717, 1.165) is 25.2 Å². The van der Waals surface area contributed by atoms with Crippen LogP contribution in [0.15, 0.2) is 18.5 Å². The SMILES string of the molecule is CCc1nn(C)cc1CNCc1ccn[nH]1. The molecule has 5 heteroatoms. The van der Waals surface area contributed by atoms with E-state index in [1.807, 2.05) is 17.8 Å². The summed E-state index contributed by atoms with van der Waals surface area (Å²) in [5, 5.41) is 14.6. The Morgan fingerprint density at radius 2 is 2.31 bits per heavy atom. The molecule has 0 bridgehead atoms. The number of hydrogen-bond acceptors (Lipinski definition) is 3. The Morgan fingerprint density at radius 1 is 1.44 bits per heavy atom. The van der Waals surface area contributed by atoms with Crippen molar-refractivity contribution in [3.05, 3.63) is 35.4 Å². The van der Waals surface area contributed by atoms with Gasteiger partial charge < -0.3 is 5.32 Å². The van der Waals surface area contributed by atoms with Crippen molar-refractivity contribution < 1.29 is 0 Å². The van der Waals surface area contributed by atoms with E-state index < -0.39 is 0 Å². The Kier molecular flexibility index (Phi) is 3.36. The zero-order chi connectivity index (χ0) is 11.4. The standard InChI is InChI=1S/C11H17N5/c1-3-11-9(8-16(2)15-11)6-12-7-10-4-5-13-14-10/h4-5,8,12H,3,6-7H2,1-2H3,(H,13,14). The van der Waals surface area contributed by atoms with Crippen molar-refractivity contribution in [2.75, 3.05) is 0 Å². The number of aryl methyl sites for hydroxylation is 2. The molecule has 0 unspecified atom stereocenters. The maximum Gasteiger partial charge on any atom is 0.0666 e. The van der Waals surface area contributed by atoms with Gasteiger partial charge in [-0.3, -0.25) is 9.78 Å². The third-order valence-electron chi connectivity index (χ3n) is 2.52. The van der Waals surface area contributed by atoms with Crippen LogP contribution in [-0.2, 0) is 26.6 Å². The van der Waals surface area contributed by atoms with E-state index in [9.17, 15) is 0 Å². The van der Waals surface area contributed by atoms with Crippen LogP contribution in [0.25, 0.3) is 0 Å². The van der Waals surface area contributed by atoms with Gasteiger partial charge in [0.25, 0.3) is 0 Å². The Bertz CT molecular complexity index is 429. The molecule has 0 fully saturated rings. The molecule has 0 saturated carbocycles. The molecule has 0 amide bonds. The smallest absolute Gasteiger partial charge is 0.0666 e. The zero-order valence-electron chi connectivity index (χ0n) is 9.70. The van der Waals surface area contributed by atoms with E-state index in [4.69, 9.17) is 0 Å². The highest BCUT2D eigenvalue weighted by Crippen LogP contribution is 2.06. The molecule has 2 aromatic heterocycles. The number of nitrogens with zero attached hydrogens (tertiary/aromatic N) is 3. The van der Waals surface area contributed by atoms with E-state index in [2.05, 4.69) is 33.7 Å². The largest absolute Gasteiger partial charge is 0.307 e. The lowest BCUT2D eigenvalue weighted by Gasteiger charge is -2.02. The summed E-state index contributed by atoms with van der Waals surface area (Å²) in [5.74, 6) is 0. The first-order valence-corrected chi connectivity index (χ1v) is 5.50. The molecule has 2 rings (SSSR count). The minimum atomic E-state index is 0.804. The van der Waals surface area contributed by atoms with Crippen molar-refractivity contribution in [3.63, 3.8) is 0 Å². The van der Waals surface area contributed by atoms with E-state index >= 15 is 0 Å². The van der Waals surface area contributed by atoms with Crippen LogP contribution in [0.1, 0.15) is 23.9 Å². The summed E-state index contributed by atoms with van der Waals surface area (Å²) in [4.78, 5) is 0. The van der Waals surface area contributed by atoms with Crippen molar-refractivity contribution >= 4 is 0 Å². The number of aromatic nitrogens is 4. The predicted molar refractivity (Wildman–Crippen MR) is 61.7 cm³/mol. The topological polar surface area (TPSA) is 58.5 Å². The van der Waals surface area contributed by atoms with Crippen LogP contribution >= 0.6 is 0 Å². The third-order valence-corrected chi connectivity index (χ3v) is 2.52. The first kappa shape index (κ1) is 10.9. The van der Waals surface area contributed by atoms with Gasteiger partial charge in [0, 0.05) is 43.8 Å². The molecule has 2 aromatic rings. The molecule has 0 aliphatic carbocycles. The van der Waals surface area contributed by atoms with Crippen molar-refractivity contribution in [1.82, 2.24) is 25.3 Å². The maximum absolute atomic E-state index is 4.40. The van der Waals surface area contributed by atoms with E-state index in [-0.39, 0.29) is 0 Å². The molecule has 0 aromatic carbocycles. The number of nitrogens with one attached hydrogen (secondary N) is 2. The van der Waals surface area contributed by atoms with Gasteiger partial charge in [0.15, 0.2) is 0 Å². The van der Waals surface area contributed by atoms with Crippen LogP contribution < -0.4 is 5.32 Å². The molecular weight excluding hydrogens is 202 g/mol. The number of rotatable bonds is 5. The lowest BCUT2D eigenvalue weighted by molar-refractivity contribution is 0.673. The molecule has 0 aliphatic rings. The van der Waals surface area contributed by atoms with Gasteiger partial charge >= 0.3 is 0 Å². The van der Waals surface area contributed by atoms with E-state index in [1.165, 1.54) is 11.3 Å². The predicted octanol–water partition coefficient (Wildman–Crippen LogP) is 0.995. The van der Waals surface area contributed by atoms with Gasteiger partial charge in [0.2, 0.25) is 0 Å². The van der Waals surface area contributed by atoms with Crippen LogP contribution in [-0.4, -0.2) is 20.0 Å². The Hall–Kier alpha value is -1.62. The van der Waals surface area contributed by atoms with Crippen LogP contribution in [0.2, 0.25) is 0 Å². The number of hydrogen-bond donors (Lipinski definition) is 2. The average molecular weight is 219 g/mol. The summed E-state index contributed by atoms with van der Waals surface area (Å²) in [6.07, 6.45) is 4.80. The Morgan fingerprint density at radius 3 is 3.00 bits per heavy atom. The van der Waals surface area contributed by atoms with Gasteiger partial charge in [-0.1, -0.05) is 6.92 Å². The van der Waals surface area contributed by atoms with Gasteiger partial charge in [-0.25, -0.2) is 0 Å². The lowest BCUT2D eigenvalue weighted by Crippen LogP contribution is -2.13. The van der Waals surface area contributed by atoms with Crippen molar-refractivity contribution in [1.29, 1.82) is 0 Å². The number of aromatic amines is 1. The highest BCUT2D eigenvalue weighted by molar-refractivity contribution is 5.16. The minimum Gasteiger partial charge on any atom is -0.307 e. The average Bonchev–Trinajstić information content (AvgIpc) is 2.88. The molecule has 0 spiro atoms. The molecule has 2 heterocycles. The molecule has 16 heavy (non-hydrogen) atoms. The highest BCUT2D eigenvalue weighted by Gasteiger charge is 2.04. The van der Waals surface area contributed by atoms with Crippen molar-refractivity contribution in [2.24, 2.45) is 7.05 Å².